The molecule has 19 heavy (non-hydrogen) atoms. The smallest absolute Gasteiger partial charge is 0.223 e. The van der Waals surface area contributed by atoms with Crippen molar-refractivity contribution < 1.29 is 4.79 Å². The fourth-order valence-corrected chi connectivity index (χ4v) is 3.49. The van der Waals surface area contributed by atoms with Crippen molar-refractivity contribution in [3.8, 4) is 0 Å². The molecular formula is C13H20Cl2N2OS. The predicted molar refractivity (Wildman–Crippen MR) is 83.5 cm³/mol. The second-order valence-corrected chi connectivity index (χ2v) is 6.77. The molecule has 3 nitrogen and oxygen atoms in total. The quantitative estimate of drug-likeness (QED) is 0.927. The molecule has 6 heteroatoms. The van der Waals surface area contributed by atoms with Gasteiger partial charge < -0.3 is 10.2 Å². The van der Waals surface area contributed by atoms with E-state index in [9.17, 15) is 4.79 Å². The minimum atomic E-state index is 0. The Hall–Kier alpha value is -0.290. The number of thiophene rings is 1. The van der Waals surface area contributed by atoms with Crippen molar-refractivity contribution >= 4 is 41.3 Å². The Balaban J connectivity index is 0.00000180. The van der Waals surface area contributed by atoms with E-state index in [2.05, 4.69) is 19.2 Å². The lowest BCUT2D eigenvalue weighted by molar-refractivity contribution is -0.132. The second kappa shape index (κ2) is 7.48. The fourth-order valence-electron chi connectivity index (χ4n) is 2.40. The Kier molecular flexibility index (Phi) is 6.60. The van der Waals surface area contributed by atoms with Crippen LogP contribution < -0.4 is 5.32 Å². The van der Waals surface area contributed by atoms with Crippen LogP contribution in [0, 0.1) is 0 Å². The molecule has 0 aliphatic carbocycles. The molecule has 0 spiro atoms. The van der Waals surface area contributed by atoms with Gasteiger partial charge in [0.25, 0.3) is 0 Å². The van der Waals surface area contributed by atoms with Crippen LogP contribution in [0.3, 0.4) is 0 Å². The zero-order valence-electron chi connectivity index (χ0n) is 11.2. The topological polar surface area (TPSA) is 32.3 Å². The Bertz CT molecular complexity index is 415. The summed E-state index contributed by atoms with van der Waals surface area (Å²) in [6.07, 6.45) is 1.37. The summed E-state index contributed by atoms with van der Waals surface area (Å²) in [6, 6.07) is 4.66. The van der Waals surface area contributed by atoms with Crippen molar-refractivity contribution in [2.75, 3.05) is 13.1 Å². The average Bonchev–Trinajstić information content (AvgIpc) is 2.70. The van der Waals surface area contributed by atoms with Gasteiger partial charge in [-0.3, -0.25) is 4.79 Å². The summed E-state index contributed by atoms with van der Waals surface area (Å²) in [5, 5.41) is 3.43. The van der Waals surface area contributed by atoms with Gasteiger partial charge in [-0.25, -0.2) is 0 Å². The van der Waals surface area contributed by atoms with E-state index in [1.807, 2.05) is 17.0 Å². The first-order chi connectivity index (χ1) is 8.54. The van der Waals surface area contributed by atoms with Gasteiger partial charge in [-0.15, -0.1) is 23.7 Å². The number of hydrogen-bond acceptors (Lipinski definition) is 3. The summed E-state index contributed by atoms with van der Waals surface area (Å²) in [4.78, 5) is 15.3. The summed E-state index contributed by atoms with van der Waals surface area (Å²) >= 11 is 7.44. The zero-order valence-corrected chi connectivity index (χ0v) is 13.6. The molecule has 108 valence electrons. The second-order valence-electron chi connectivity index (χ2n) is 4.97. The van der Waals surface area contributed by atoms with E-state index in [-0.39, 0.29) is 18.3 Å². The SMILES string of the molecule is CC1CN(C(=O)CCc2ccc(Cl)s2)CC(C)N1.Cl. The molecule has 2 rings (SSSR count). The molecule has 1 amide bonds. The molecule has 0 radical (unpaired) electrons. The number of halogens is 2. The maximum Gasteiger partial charge on any atom is 0.223 e. The van der Waals surface area contributed by atoms with Crippen LogP contribution in [0.2, 0.25) is 4.34 Å². The Morgan fingerprint density at radius 1 is 1.42 bits per heavy atom. The molecule has 0 aromatic carbocycles. The van der Waals surface area contributed by atoms with Crippen molar-refractivity contribution in [2.45, 2.75) is 38.8 Å². The number of rotatable bonds is 3. The van der Waals surface area contributed by atoms with Crippen LogP contribution >= 0.6 is 35.3 Å². The minimum Gasteiger partial charge on any atom is -0.340 e. The standard InChI is InChI=1S/C13H19ClN2OS.ClH/c1-9-7-16(8-10(2)15-9)13(17)6-4-11-3-5-12(14)18-11;/h3,5,9-10,15H,4,6-8H2,1-2H3;1H. The van der Waals surface area contributed by atoms with E-state index in [4.69, 9.17) is 11.6 Å². The Labute approximate surface area is 129 Å². The molecule has 1 fully saturated rings. The number of hydrogen-bond donors (Lipinski definition) is 1. The number of carbonyl (C=O) groups excluding carboxylic acids is 1. The highest BCUT2D eigenvalue weighted by Crippen LogP contribution is 2.22. The molecule has 2 heterocycles. The molecule has 1 N–H and O–H groups in total. The molecule has 2 atom stereocenters. The van der Waals surface area contributed by atoms with E-state index < -0.39 is 0 Å². The third kappa shape index (κ3) is 4.95. The molecule has 1 aromatic heterocycles. The van der Waals surface area contributed by atoms with Crippen molar-refractivity contribution in [2.24, 2.45) is 0 Å². The molecule has 1 saturated heterocycles. The summed E-state index contributed by atoms with van der Waals surface area (Å²) in [5.41, 5.74) is 0. The van der Waals surface area contributed by atoms with Crippen LogP contribution in [0.4, 0.5) is 0 Å². The fraction of sp³-hybridized carbons (Fsp3) is 0.615. The highest BCUT2D eigenvalue weighted by atomic mass is 35.5. The van der Waals surface area contributed by atoms with E-state index in [1.165, 1.54) is 4.88 Å². The summed E-state index contributed by atoms with van der Waals surface area (Å²) in [5.74, 6) is 0.250. The summed E-state index contributed by atoms with van der Waals surface area (Å²) < 4.78 is 0.793. The van der Waals surface area contributed by atoms with Crippen LogP contribution in [-0.2, 0) is 11.2 Å². The molecule has 1 aliphatic heterocycles. The van der Waals surface area contributed by atoms with Gasteiger partial charge in [0.2, 0.25) is 5.91 Å². The van der Waals surface area contributed by atoms with Crippen LogP contribution in [0.25, 0.3) is 0 Å². The zero-order chi connectivity index (χ0) is 13.1. The lowest BCUT2D eigenvalue weighted by Crippen LogP contribution is -2.55. The normalized spacial score (nSPS) is 23.0. The molecule has 0 saturated carbocycles. The van der Waals surface area contributed by atoms with Crippen molar-refractivity contribution in [1.82, 2.24) is 10.2 Å². The highest BCUT2D eigenvalue weighted by Gasteiger charge is 2.24. The highest BCUT2D eigenvalue weighted by molar-refractivity contribution is 7.16. The number of carbonyl (C=O) groups is 1. The van der Waals surface area contributed by atoms with Crippen LogP contribution in [0.15, 0.2) is 12.1 Å². The number of aryl methyl sites for hydroxylation is 1. The number of nitrogens with zero attached hydrogens (tertiary/aromatic N) is 1. The molecule has 2 unspecified atom stereocenters. The van der Waals surface area contributed by atoms with Gasteiger partial charge in [-0.2, -0.15) is 0 Å². The van der Waals surface area contributed by atoms with E-state index in [0.29, 0.717) is 18.5 Å². The van der Waals surface area contributed by atoms with Crippen LogP contribution in [0.5, 0.6) is 0 Å². The first-order valence-corrected chi connectivity index (χ1v) is 7.52. The van der Waals surface area contributed by atoms with Gasteiger partial charge in [-0.05, 0) is 32.4 Å². The Morgan fingerprint density at radius 2 is 2.05 bits per heavy atom. The van der Waals surface area contributed by atoms with Gasteiger partial charge in [0.15, 0.2) is 0 Å². The van der Waals surface area contributed by atoms with Crippen LogP contribution in [0.1, 0.15) is 25.1 Å². The maximum atomic E-state index is 12.1. The summed E-state index contributed by atoms with van der Waals surface area (Å²) in [7, 11) is 0. The predicted octanol–water partition coefficient (Wildman–Crippen LogP) is 2.96. The first-order valence-electron chi connectivity index (χ1n) is 6.32. The number of nitrogens with one attached hydrogen (secondary N) is 1. The largest absolute Gasteiger partial charge is 0.340 e. The molecule has 1 aliphatic rings. The van der Waals surface area contributed by atoms with Crippen molar-refractivity contribution in [3.05, 3.63) is 21.3 Å². The lowest BCUT2D eigenvalue weighted by Gasteiger charge is -2.36. The van der Waals surface area contributed by atoms with Gasteiger partial charge in [0, 0.05) is 36.5 Å². The third-order valence-electron chi connectivity index (χ3n) is 3.12. The summed E-state index contributed by atoms with van der Waals surface area (Å²) in [6.45, 7) is 5.87. The van der Waals surface area contributed by atoms with E-state index in [1.54, 1.807) is 11.3 Å². The van der Waals surface area contributed by atoms with Crippen LogP contribution in [-0.4, -0.2) is 36.0 Å². The van der Waals surface area contributed by atoms with Gasteiger partial charge in [0.05, 0.1) is 4.34 Å². The molecular weight excluding hydrogens is 303 g/mol. The van der Waals surface area contributed by atoms with Crippen molar-refractivity contribution in [1.29, 1.82) is 0 Å². The van der Waals surface area contributed by atoms with Crippen molar-refractivity contribution in [3.63, 3.8) is 0 Å². The molecule has 1 aromatic rings. The van der Waals surface area contributed by atoms with Gasteiger partial charge in [0.1, 0.15) is 0 Å². The molecule has 0 bridgehead atoms. The average molecular weight is 323 g/mol. The first kappa shape index (κ1) is 16.8. The Morgan fingerprint density at radius 3 is 2.58 bits per heavy atom. The number of amides is 1. The maximum absolute atomic E-state index is 12.1. The van der Waals surface area contributed by atoms with Gasteiger partial charge in [-0.1, -0.05) is 11.6 Å². The number of piperazine rings is 1. The monoisotopic (exact) mass is 322 g/mol. The van der Waals surface area contributed by atoms with Gasteiger partial charge >= 0.3 is 0 Å². The van der Waals surface area contributed by atoms with E-state index in [0.717, 1.165) is 23.8 Å². The third-order valence-corrected chi connectivity index (χ3v) is 4.42. The lowest BCUT2D eigenvalue weighted by atomic mass is 10.1. The van der Waals surface area contributed by atoms with E-state index >= 15 is 0 Å². The minimum absolute atomic E-state index is 0.